The van der Waals surface area contributed by atoms with E-state index in [-0.39, 0.29) is 0 Å². The monoisotopic (exact) mass is 342 g/mol. The second-order valence-electron chi connectivity index (χ2n) is 6.34. The molecule has 6 heteroatoms. The molecule has 2 heterocycles. The van der Waals surface area contributed by atoms with Gasteiger partial charge in [0.2, 0.25) is 5.91 Å². The number of aromatic nitrogens is 2. The first-order valence-corrected chi connectivity index (χ1v) is 8.72. The Bertz CT molecular complexity index is 737. The molecule has 2 fully saturated rings. The first-order valence-electron chi connectivity index (χ1n) is 8.35. The Labute approximate surface area is 146 Å². The highest BCUT2D eigenvalue weighted by Crippen LogP contribution is 2.31. The molecule has 1 aromatic heterocycles. The molecule has 0 bridgehead atoms. The standard InChI is InChI=1S/C18H19ClN4O/c19-15-4-2-1-3-14(15)16-7-8-17(21-20-16)22-9-11-23(12-10-22)18(24)13-5-6-13/h1-4,7-8,13H,5-6,9-12H2. The fourth-order valence-electron chi connectivity index (χ4n) is 3.05. The Hall–Kier alpha value is -2.14. The summed E-state index contributed by atoms with van der Waals surface area (Å²) in [4.78, 5) is 16.3. The van der Waals surface area contributed by atoms with E-state index in [1.165, 1.54) is 0 Å². The summed E-state index contributed by atoms with van der Waals surface area (Å²) < 4.78 is 0. The van der Waals surface area contributed by atoms with Gasteiger partial charge in [0.15, 0.2) is 5.82 Å². The van der Waals surface area contributed by atoms with Gasteiger partial charge in [-0.2, -0.15) is 0 Å². The molecule has 1 saturated carbocycles. The van der Waals surface area contributed by atoms with Crippen LogP contribution >= 0.6 is 11.6 Å². The molecule has 1 aliphatic heterocycles. The van der Waals surface area contributed by atoms with E-state index in [4.69, 9.17) is 11.6 Å². The third-order valence-electron chi connectivity index (χ3n) is 4.64. The number of rotatable bonds is 3. The van der Waals surface area contributed by atoms with Gasteiger partial charge >= 0.3 is 0 Å². The van der Waals surface area contributed by atoms with Crippen molar-refractivity contribution in [2.24, 2.45) is 5.92 Å². The quantitative estimate of drug-likeness (QED) is 0.860. The molecule has 1 saturated heterocycles. The zero-order valence-electron chi connectivity index (χ0n) is 13.4. The lowest BCUT2D eigenvalue weighted by Gasteiger charge is -2.35. The summed E-state index contributed by atoms with van der Waals surface area (Å²) in [5, 5.41) is 9.34. The summed E-state index contributed by atoms with van der Waals surface area (Å²) in [6, 6.07) is 11.6. The number of piperazine rings is 1. The van der Waals surface area contributed by atoms with Crippen molar-refractivity contribution in [1.82, 2.24) is 15.1 Å². The highest BCUT2D eigenvalue weighted by molar-refractivity contribution is 6.33. The largest absolute Gasteiger partial charge is 0.352 e. The van der Waals surface area contributed by atoms with E-state index in [2.05, 4.69) is 15.1 Å². The van der Waals surface area contributed by atoms with Crippen molar-refractivity contribution in [3.8, 4) is 11.3 Å². The van der Waals surface area contributed by atoms with E-state index >= 15 is 0 Å². The lowest BCUT2D eigenvalue weighted by atomic mass is 10.1. The Kier molecular flexibility index (Phi) is 4.10. The van der Waals surface area contributed by atoms with Gasteiger partial charge in [-0.05, 0) is 31.0 Å². The van der Waals surface area contributed by atoms with Crippen LogP contribution in [0, 0.1) is 5.92 Å². The van der Waals surface area contributed by atoms with Crippen LogP contribution in [-0.4, -0.2) is 47.2 Å². The Morgan fingerprint density at radius 1 is 1.00 bits per heavy atom. The van der Waals surface area contributed by atoms with Gasteiger partial charge in [0.1, 0.15) is 0 Å². The van der Waals surface area contributed by atoms with Gasteiger partial charge in [0.25, 0.3) is 0 Å². The molecule has 5 nitrogen and oxygen atoms in total. The van der Waals surface area contributed by atoms with Crippen molar-refractivity contribution in [1.29, 1.82) is 0 Å². The van der Waals surface area contributed by atoms with E-state index in [0.29, 0.717) is 16.8 Å². The van der Waals surface area contributed by atoms with Crippen LogP contribution in [0.3, 0.4) is 0 Å². The van der Waals surface area contributed by atoms with Crippen LogP contribution < -0.4 is 4.90 Å². The van der Waals surface area contributed by atoms with Crippen molar-refractivity contribution in [3.05, 3.63) is 41.4 Å². The summed E-state index contributed by atoms with van der Waals surface area (Å²) in [7, 11) is 0. The molecule has 1 amide bonds. The fraction of sp³-hybridized carbons (Fsp3) is 0.389. The lowest BCUT2D eigenvalue weighted by molar-refractivity contribution is -0.132. The van der Waals surface area contributed by atoms with Crippen molar-refractivity contribution in [2.45, 2.75) is 12.8 Å². The van der Waals surface area contributed by atoms with Crippen LogP contribution in [0.2, 0.25) is 5.02 Å². The Balaban J connectivity index is 1.42. The molecule has 1 aliphatic carbocycles. The van der Waals surface area contributed by atoms with Gasteiger partial charge < -0.3 is 9.80 Å². The maximum atomic E-state index is 12.1. The molecule has 0 unspecified atom stereocenters. The fourth-order valence-corrected chi connectivity index (χ4v) is 3.28. The highest BCUT2D eigenvalue weighted by Gasteiger charge is 2.34. The van der Waals surface area contributed by atoms with Crippen LogP contribution in [0.15, 0.2) is 36.4 Å². The number of carbonyl (C=O) groups excluding carboxylic acids is 1. The summed E-state index contributed by atoms with van der Waals surface area (Å²) in [5.74, 6) is 1.48. The molecule has 2 aliphatic rings. The van der Waals surface area contributed by atoms with E-state index in [1.54, 1.807) is 0 Å². The number of benzene rings is 1. The summed E-state index contributed by atoms with van der Waals surface area (Å²) in [6.45, 7) is 3.14. The molecule has 4 rings (SSSR count). The van der Waals surface area contributed by atoms with Gasteiger partial charge in [-0.3, -0.25) is 4.79 Å². The molecule has 24 heavy (non-hydrogen) atoms. The van der Waals surface area contributed by atoms with E-state index in [1.807, 2.05) is 41.3 Å². The molecule has 124 valence electrons. The SMILES string of the molecule is O=C(C1CC1)N1CCN(c2ccc(-c3ccccc3Cl)nn2)CC1. The average molecular weight is 343 g/mol. The molecule has 0 atom stereocenters. The molecule has 0 N–H and O–H groups in total. The normalized spacial score (nSPS) is 17.9. The lowest BCUT2D eigenvalue weighted by Crippen LogP contribution is -2.49. The zero-order chi connectivity index (χ0) is 16.5. The number of amides is 1. The minimum atomic E-state index is 0.297. The summed E-state index contributed by atoms with van der Waals surface area (Å²) >= 11 is 6.21. The zero-order valence-corrected chi connectivity index (χ0v) is 14.1. The maximum Gasteiger partial charge on any atom is 0.225 e. The number of hydrogen-bond acceptors (Lipinski definition) is 4. The topological polar surface area (TPSA) is 49.3 Å². The molecule has 0 radical (unpaired) electrons. The van der Waals surface area contributed by atoms with Gasteiger partial charge in [-0.1, -0.05) is 29.8 Å². The highest BCUT2D eigenvalue weighted by atomic mass is 35.5. The van der Waals surface area contributed by atoms with Crippen LogP contribution in [0.4, 0.5) is 5.82 Å². The summed E-state index contributed by atoms with van der Waals surface area (Å²) in [6.07, 6.45) is 2.13. The number of nitrogens with zero attached hydrogens (tertiary/aromatic N) is 4. The molecule has 0 spiro atoms. The van der Waals surface area contributed by atoms with Crippen molar-refractivity contribution >= 4 is 23.3 Å². The predicted octanol–water partition coefficient (Wildman–Crippen LogP) is 2.86. The Morgan fingerprint density at radius 2 is 1.75 bits per heavy atom. The Morgan fingerprint density at radius 3 is 2.38 bits per heavy atom. The second kappa shape index (κ2) is 6.40. The third-order valence-corrected chi connectivity index (χ3v) is 4.97. The average Bonchev–Trinajstić information content (AvgIpc) is 3.47. The van der Waals surface area contributed by atoms with E-state index in [0.717, 1.165) is 56.1 Å². The van der Waals surface area contributed by atoms with E-state index in [9.17, 15) is 4.79 Å². The van der Waals surface area contributed by atoms with Crippen molar-refractivity contribution < 1.29 is 4.79 Å². The number of hydrogen-bond donors (Lipinski definition) is 0. The minimum Gasteiger partial charge on any atom is -0.352 e. The van der Waals surface area contributed by atoms with Crippen LogP contribution in [0.1, 0.15) is 12.8 Å². The molecular formula is C18H19ClN4O. The van der Waals surface area contributed by atoms with Crippen molar-refractivity contribution in [2.75, 3.05) is 31.1 Å². The van der Waals surface area contributed by atoms with Crippen LogP contribution in [-0.2, 0) is 4.79 Å². The van der Waals surface area contributed by atoms with E-state index < -0.39 is 0 Å². The third kappa shape index (κ3) is 3.08. The first kappa shape index (κ1) is 15.4. The minimum absolute atomic E-state index is 0.297. The van der Waals surface area contributed by atoms with Gasteiger partial charge in [-0.25, -0.2) is 0 Å². The molecular weight excluding hydrogens is 324 g/mol. The molecule has 1 aromatic carbocycles. The number of halogens is 1. The van der Waals surface area contributed by atoms with Gasteiger partial charge in [0.05, 0.1) is 10.7 Å². The van der Waals surface area contributed by atoms with Crippen LogP contribution in [0.25, 0.3) is 11.3 Å². The smallest absolute Gasteiger partial charge is 0.225 e. The first-order chi connectivity index (χ1) is 11.7. The van der Waals surface area contributed by atoms with Crippen molar-refractivity contribution in [3.63, 3.8) is 0 Å². The predicted molar refractivity (Wildman–Crippen MR) is 94.0 cm³/mol. The molecule has 2 aromatic rings. The number of anilines is 1. The maximum absolute atomic E-state index is 12.1. The van der Waals surface area contributed by atoms with Gasteiger partial charge in [0, 0.05) is 37.7 Å². The number of carbonyl (C=O) groups is 1. The summed E-state index contributed by atoms with van der Waals surface area (Å²) in [5.41, 5.74) is 1.66. The van der Waals surface area contributed by atoms with Gasteiger partial charge in [-0.15, -0.1) is 10.2 Å². The van der Waals surface area contributed by atoms with Crippen LogP contribution in [0.5, 0.6) is 0 Å². The second-order valence-corrected chi connectivity index (χ2v) is 6.75.